The van der Waals surface area contributed by atoms with Crippen LogP contribution in [0.15, 0.2) is 18.2 Å². The summed E-state index contributed by atoms with van der Waals surface area (Å²) in [6, 6.07) is 5.86. The van der Waals surface area contributed by atoms with Crippen LogP contribution in [0.2, 0.25) is 0 Å². The molecule has 1 aromatic rings. The summed E-state index contributed by atoms with van der Waals surface area (Å²) in [4.78, 5) is 12.5. The number of sulfonamides is 1. The van der Waals surface area contributed by atoms with E-state index in [0.717, 1.165) is 23.2 Å². The Bertz CT molecular complexity index is 678. The van der Waals surface area contributed by atoms with Crippen LogP contribution in [0.1, 0.15) is 43.7 Å². The van der Waals surface area contributed by atoms with Crippen molar-refractivity contribution >= 4 is 21.6 Å². The van der Waals surface area contributed by atoms with Crippen LogP contribution in [-0.2, 0) is 14.8 Å². The number of benzene rings is 1. The van der Waals surface area contributed by atoms with Gasteiger partial charge in [0.25, 0.3) is 0 Å². The first-order chi connectivity index (χ1) is 11.3. The number of hydrogen-bond acceptors (Lipinski definition) is 3. The van der Waals surface area contributed by atoms with Crippen molar-refractivity contribution in [2.45, 2.75) is 46.5 Å². The van der Waals surface area contributed by atoms with E-state index in [9.17, 15) is 13.2 Å². The minimum Gasteiger partial charge on any atom is -0.326 e. The molecule has 0 spiro atoms. The summed E-state index contributed by atoms with van der Waals surface area (Å²) in [5.74, 6) is 0.0832. The molecule has 0 saturated carbocycles. The van der Waals surface area contributed by atoms with E-state index in [-0.39, 0.29) is 17.6 Å². The average molecular weight is 353 g/mol. The maximum Gasteiger partial charge on any atom is 0.227 e. The quantitative estimate of drug-likeness (QED) is 0.855. The molecule has 2 rings (SSSR count). The van der Waals surface area contributed by atoms with E-state index >= 15 is 0 Å². The summed E-state index contributed by atoms with van der Waals surface area (Å²) < 4.78 is 26.0. The fourth-order valence-electron chi connectivity index (χ4n) is 2.97. The number of anilines is 1. The van der Waals surface area contributed by atoms with Crippen molar-refractivity contribution in [2.24, 2.45) is 5.92 Å². The Morgan fingerprint density at radius 1 is 1.25 bits per heavy atom. The van der Waals surface area contributed by atoms with Gasteiger partial charge in [-0.25, -0.2) is 12.7 Å². The largest absolute Gasteiger partial charge is 0.326 e. The number of hydrogen-bond donors (Lipinski definition) is 1. The maximum atomic E-state index is 12.5. The van der Waals surface area contributed by atoms with Crippen molar-refractivity contribution in [2.75, 3.05) is 24.2 Å². The Morgan fingerprint density at radius 2 is 1.92 bits per heavy atom. The molecule has 1 fully saturated rings. The number of aryl methyl sites for hydroxylation is 1. The van der Waals surface area contributed by atoms with Gasteiger partial charge in [-0.15, -0.1) is 0 Å². The topological polar surface area (TPSA) is 66.5 Å². The number of carbonyl (C=O) groups is 1. The van der Waals surface area contributed by atoms with Crippen LogP contribution >= 0.6 is 0 Å². The smallest absolute Gasteiger partial charge is 0.227 e. The van der Waals surface area contributed by atoms with E-state index in [0.29, 0.717) is 32.4 Å². The second-order valence-electron chi connectivity index (χ2n) is 6.58. The Hall–Kier alpha value is -1.40. The number of nitrogens with one attached hydrogen (secondary N) is 1. The fourth-order valence-corrected chi connectivity index (χ4v) is 4.65. The summed E-state index contributed by atoms with van der Waals surface area (Å²) in [6.07, 6.45) is 2.73. The highest BCUT2D eigenvalue weighted by Crippen LogP contribution is 2.24. The zero-order chi connectivity index (χ0) is 17.7. The first-order valence-electron chi connectivity index (χ1n) is 8.70. The van der Waals surface area contributed by atoms with Gasteiger partial charge in [-0.05, 0) is 50.3 Å². The van der Waals surface area contributed by atoms with Crippen molar-refractivity contribution < 1.29 is 13.2 Å². The molecule has 0 unspecified atom stereocenters. The summed E-state index contributed by atoms with van der Waals surface area (Å²) in [5, 5.41) is 3.00. The lowest BCUT2D eigenvalue weighted by molar-refractivity contribution is -0.120. The molecule has 0 aliphatic carbocycles. The van der Waals surface area contributed by atoms with E-state index < -0.39 is 10.0 Å². The van der Waals surface area contributed by atoms with Crippen molar-refractivity contribution in [3.8, 4) is 0 Å². The van der Waals surface area contributed by atoms with Gasteiger partial charge in [0.05, 0.1) is 5.75 Å². The molecule has 1 aliphatic rings. The standard InChI is InChI=1S/C18H28N2O3S/c1-4-5-13-24(22,23)20-11-9-16(10-12-20)18(21)19-17-8-6-7-14(2)15(17)3/h6-8,16H,4-5,9-13H2,1-3H3,(H,19,21). The second-order valence-corrected chi connectivity index (χ2v) is 8.67. The Labute approximate surface area is 145 Å². The molecule has 24 heavy (non-hydrogen) atoms. The zero-order valence-corrected chi connectivity index (χ0v) is 15.7. The highest BCUT2D eigenvalue weighted by Gasteiger charge is 2.30. The van der Waals surface area contributed by atoms with Gasteiger partial charge in [-0.3, -0.25) is 4.79 Å². The average Bonchev–Trinajstić information content (AvgIpc) is 2.57. The molecule has 1 heterocycles. The number of rotatable bonds is 6. The fraction of sp³-hybridized carbons (Fsp3) is 0.611. The molecule has 0 radical (unpaired) electrons. The van der Waals surface area contributed by atoms with Crippen LogP contribution in [0.3, 0.4) is 0 Å². The molecule has 6 heteroatoms. The summed E-state index contributed by atoms with van der Waals surface area (Å²) in [7, 11) is -3.16. The number of nitrogens with zero attached hydrogens (tertiary/aromatic N) is 1. The number of unbranched alkanes of at least 4 members (excludes halogenated alkanes) is 1. The molecule has 1 N–H and O–H groups in total. The van der Waals surface area contributed by atoms with Gasteiger partial charge in [-0.2, -0.15) is 0 Å². The predicted molar refractivity (Wildman–Crippen MR) is 97.5 cm³/mol. The first-order valence-corrected chi connectivity index (χ1v) is 10.3. The van der Waals surface area contributed by atoms with Gasteiger partial charge in [0.2, 0.25) is 15.9 Å². The van der Waals surface area contributed by atoms with Crippen LogP contribution < -0.4 is 5.32 Å². The highest BCUT2D eigenvalue weighted by atomic mass is 32.2. The second kappa shape index (κ2) is 8.12. The summed E-state index contributed by atoms with van der Waals surface area (Å²) in [6.45, 7) is 6.88. The molecular weight excluding hydrogens is 324 g/mol. The lowest BCUT2D eigenvalue weighted by Crippen LogP contribution is -2.42. The van der Waals surface area contributed by atoms with Gasteiger partial charge >= 0.3 is 0 Å². The van der Waals surface area contributed by atoms with Crippen molar-refractivity contribution in [1.29, 1.82) is 0 Å². The van der Waals surface area contributed by atoms with Crippen LogP contribution in [0.5, 0.6) is 0 Å². The molecule has 1 amide bonds. The molecule has 5 nitrogen and oxygen atoms in total. The maximum absolute atomic E-state index is 12.5. The molecular formula is C18H28N2O3S. The lowest BCUT2D eigenvalue weighted by Gasteiger charge is -2.30. The van der Waals surface area contributed by atoms with Crippen LogP contribution in [0.25, 0.3) is 0 Å². The van der Waals surface area contributed by atoms with Gasteiger partial charge in [0, 0.05) is 24.7 Å². The normalized spacial score (nSPS) is 17.0. The van der Waals surface area contributed by atoms with Gasteiger partial charge < -0.3 is 5.32 Å². The first kappa shape index (κ1) is 18.9. The monoisotopic (exact) mass is 352 g/mol. The van der Waals surface area contributed by atoms with Crippen molar-refractivity contribution in [3.05, 3.63) is 29.3 Å². The van der Waals surface area contributed by atoms with Crippen molar-refractivity contribution in [1.82, 2.24) is 4.31 Å². The van der Waals surface area contributed by atoms with Crippen LogP contribution in [0, 0.1) is 19.8 Å². The van der Waals surface area contributed by atoms with Crippen molar-refractivity contribution in [3.63, 3.8) is 0 Å². The van der Waals surface area contributed by atoms with Crippen LogP contribution in [0.4, 0.5) is 5.69 Å². The number of piperidine rings is 1. The van der Waals surface area contributed by atoms with Gasteiger partial charge in [-0.1, -0.05) is 25.5 Å². The minimum absolute atomic E-state index is 0.00527. The highest BCUT2D eigenvalue weighted by molar-refractivity contribution is 7.89. The predicted octanol–water partition coefficient (Wildman–Crippen LogP) is 3.08. The minimum atomic E-state index is -3.16. The molecule has 0 bridgehead atoms. The molecule has 0 aromatic heterocycles. The lowest BCUT2D eigenvalue weighted by atomic mass is 9.97. The Balaban J connectivity index is 1.92. The third-order valence-corrected chi connectivity index (χ3v) is 6.79. The summed E-state index contributed by atoms with van der Waals surface area (Å²) >= 11 is 0. The molecule has 134 valence electrons. The van der Waals surface area contributed by atoms with Gasteiger partial charge in [0.1, 0.15) is 0 Å². The molecule has 1 aromatic carbocycles. The van der Waals surface area contributed by atoms with Gasteiger partial charge in [0.15, 0.2) is 0 Å². The van der Waals surface area contributed by atoms with E-state index in [1.807, 2.05) is 39.0 Å². The Morgan fingerprint density at radius 3 is 2.54 bits per heavy atom. The molecule has 0 atom stereocenters. The Kier molecular flexibility index (Phi) is 6.40. The van der Waals surface area contributed by atoms with E-state index in [2.05, 4.69) is 5.32 Å². The number of amides is 1. The molecule has 1 aliphatic heterocycles. The zero-order valence-electron chi connectivity index (χ0n) is 14.8. The third kappa shape index (κ3) is 4.57. The molecule has 1 saturated heterocycles. The van der Waals surface area contributed by atoms with E-state index in [1.54, 1.807) is 4.31 Å². The number of carbonyl (C=O) groups excluding carboxylic acids is 1. The SMILES string of the molecule is CCCCS(=O)(=O)N1CCC(C(=O)Nc2cccc(C)c2C)CC1. The summed E-state index contributed by atoms with van der Waals surface area (Å²) in [5.41, 5.74) is 3.06. The van der Waals surface area contributed by atoms with E-state index in [4.69, 9.17) is 0 Å². The van der Waals surface area contributed by atoms with E-state index in [1.165, 1.54) is 0 Å². The van der Waals surface area contributed by atoms with Crippen LogP contribution in [-0.4, -0.2) is 37.5 Å². The third-order valence-electron chi connectivity index (χ3n) is 4.84.